The number of H-pyrrole nitrogens is 1. The molecule has 4 aromatic rings. The average Bonchev–Trinajstić information content (AvgIpc) is 2.80. The van der Waals surface area contributed by atoms with Gasteiger partial charge in [-0.3, -0.25) is 9.20 Å². The SMILES string of the molecule is Cc1ccc2c(c1)c(N=O)c1[nH]c3ncccc3c(=O)n12. The van der Waals surface area contributed by atoms with E-state index in [1.54, 1.807) is 18.3 Å². The van der Waals surface area contributed by atoms with Crippen molar-refractivity contribution in [3.05, 3.63) is 57.4 Å². The summed E-state index contributed by atoms with van der Waals surface area (Å²) in [4.78, 5) is 31.1. The quantitative estimate of drug-likeness (QED) is 0.543. The molecule has 0 unspecified atom stereocenters. The molecule has 0 amide bonds. The summed E-state index contributed by atoms with van der Waals surface area (Å²) in [7, 11) is 0. The van der Waals surface area contributed by atoms with Crippen LogP contribution in [0.3, 0.4) is 0 Å². The number of hydrogen-bond donors (Lipinski definition) is 1. The molecule has 6 nitrogen and oxygen atoms in total. The van der Waals surface area contributed by atoms with Gasteiger partial charge in [-0.2, -0.15) is 0 Å². The highest BCUT2D eigenvalue weighted by Crippen LogP contribution is 2.32. The van der Waals surface area contributed by atoms with Crippen LogP contribution in [-0.2, 0) is 0 Å². The summed E-state index contributed by atoms with van der Waals surface area (Å²) in [6, 6.07) is 8.98. The maximum Gasteiger partial charge on any atom is 0.267 e. The third-order valence-electron chi connectivity index (χ3n) is 3.67. The van der Waals surface area contributed by atoms with Crippen LogP contribution in [-0.4, -0.2) is 14.4 Å². The molecule has 1 aromatic carbocycles. The molecule has 0 spiro atoms. The molecule has 3 aromatic heterocycles. The number of hydrogen-bond acceptors (Lipinski definition) is 4. The Hall–Kier alpha value is -3.02. The van der Waals surface area contributed by atoms with E-state index in [0.717, 1.165) is 5.56 Å². The van der Waals surface area contributed by atoms with Crippen LogP contribution in [0.1, 0.15) is 5.56 Å². The zero-order chi connectivity index (χ0) is 14.6. The van der Waals surface area contributed by atoms with Crippen molar-refractivity contribution < 1.29 is 0 Å². The fourth-order valence-corrected chi connectivity index (χ4v) is 2.72. The fraction of sp³-hybridized carbons (Fsp3) is 0.0667. The van der Waals surface area contributed by atoms with Crippen molar-refractivity contribution in [3.63, 3.8) is 0 Å². The monoisotopic (exact) mass is 278 g/mol. The van der Waals surface area contributed by atoms with Gasteiger partial charge in [-0.1, -0.05) is 11.6 Å². The van der Waals surface area contributed by atoms with E-state index >= 15 is 0 Å². The normalized spacial score (nSPS) is 11.5. The average molecular weight is 278 g/mol. The van der Waals surface area contributed by atoms with Crippen LogP contribution in [0, 0.1) is 11.8 Å². The summed E-state index contributed by atoms with van der Waals surface area (Å²) in [5.41, 5.74) is 2.51. The molecule has 0 bridgehead atoms. The van der Waals surface area contributed by atoms with Crippen molar-refractivity contribution in [1.29, 1.82) is 0 Å². The number of rotatable bonds is 1. The standard InChI is InChI=1S/C15H10N4O2/c1-8-4-5-11-10(7-8)12(18-21)14-17-13-9(3-2-6-16-13)15(20)19(11)14/h2-7H,1H3,(H,16,17). The molecule has 0 fully saturated rings. The second-order valence-electron chi connectivity index (χ2n) is 4.97. The molecule has 21 heavy (non-hydrogen) atoms. The first-order valence-electron chi connectivity index (χ1n) is 6.46. The summed E-state index contributed by atoms with van der Waals surface area (Å²) in [6.45, 7) is 1.93. The van der Waals surface area contributed by atoms with Crippen LogP contribution in [0.25, 0.3) is 27.6 Å². The second kappa shape index (κ2) is 3.99. The number of aromatic amines is 1. The molecule has 0 saturated heterocycles. The lowest BCUT2D eigenvalue weighted by Crippen LogP contribution is -2.14. The molecule has 0 aliphatic heterocycles. The molecular weight excluding hydrogens is 268 g/mol. The predicted molar refractivity (Wildman–Crippen MR) is 81.0 cm³/mol. The highest BCUT2D eigenvalue weighted by Gasteiger charge is 2.17. The predicted octanol–water partition coefficient (Wildman–Crippen LogP) is 3.04. The van der Waals surface area contributed by atoms with Gasteiger partial charge in [0.2, 0.25) is 0 Å². The molecule has 6 heteroatoms. The van der Waals surface area contributed by atoms with Crippen LogP contribution in [0.5, 0.6) is 0 Å². The molecule has 102 valence electrons. The molecule has 0 aliphatic carbocycles. The summed E-state index contributed by atoms with van der Waals surface area (Å²) in [5, 5.41) is 4.24. The maximum absolute atomic E-state index is 12.7. The third-order valence-corrected chi connectivity index (χ3v) is 3.67. The highest BCUT2D eigenvalue weighted by atomic mass is 16.3. The highest BCUT2D eigenvalue weighted by molar-refractivity contribution is 6.01. The van der Waals surface area contributed by atoms with Gasteiger partial charge in [-0.05, 0) is 36.4 Å². The Kier molecular flexibility index (Phi) is 2.24. The number of fused-ring (bicyclic) bond motifs is 4. The third kappa shape index (κ3) is 1.47. The van der Waals surface area contributed by atoms with E-state index in [-0.39, 0.29) is 11.2 Å². The Morgan fingerprint density at radius 1 is 1.24 bits per heavy atom. The molecule has 0 atom stereocenters. The van der Waals surface area contributed by atoms with Crippen LogP contribution >= 0.6 is 0 Å². The number of pyridine rings is 1. The van der Waals surface area contributed by atoms with E-state index < -0.39 is 0 Å². The molecule has 0 saturated carbocycles. The van der Waals surface area contributed by atoms with Crippen LogP contribution in [0.4, 0.5) is 5.69 Å². The summed E-state index contributed by atoms with van der Waals surface area (Å²) in [5.74, 6) is 0. The largest absolute Gasteiger partial charge is 0.323 e. The number of nitrogens with zero attached hydrogens (tertiary/aromatic N) is 3. The van der Waals surface area contributed by atoms with E-state index in [1.165, 1.54) is 4.40 Å². The van der Waals surface area contributed by atoms with Crippen molar-refractivity contribution in [1.82, 2.24) is 14.4 Å². The van der Waals surface area contributed by atoms with E-state index in [1.807, 2.05) is 25.1 Å². The zero-order valence-electron chi connectivity index (χ0n) is 11.1. The Labute approximate surface area is 118 Å². The van der Waals surface area contributed by atoms with Crippen molar-refractivity contribution in [2.75, 3.05) is 0 Å². The van der Waals surface area contributed by atoms with Gasteiger partial charge in [0.15, 0.2) is 5.69 Å². The zero-order valence-corrected chi connectivity index (χ0v) is 11.1. The minimum Gasteiger partial charge on any atom is -0.323 e. The van der Waals surface area contributed by atoms with Gasteiger partial charge in [0, 0.05) is 11.6 Å². The molecule has 4 rings (SSSR count). The topological polar surface area (TPSA) is 79.6 Å². The van der Waals surface area contributed by atoms with Gasteiger partial charge in [-0.25, -0.2) is 4.98 Å². The van der Waals surface area contributed by atoms with Gasteiger partial charge >= 0.3 is 0 Å². The molecule has 1 N–H and O–H groups in total. The molecular formula is C15H10N4O2. The Morgan fingerprint density at radius 3 is 2.90 bits per heavy atom. The van der Waals surface area contributed by atoms with Crippen LogP contribution < -0.4 is 5.56 Å². The first kappa shape index (κ1) is 11.8. The fourth-order valence-electron chi connectivity index (χ4n) is 2.72. The summed E-state index contributed by atoms with van der Waals surface area (Å²) >= 11 is 0. The Morgan fingerprint density at radius 2 is 2.10 bits per heavy atom. The Bertz CT molecular complexity index is 1090. The van der Waals surface area contributed by atoms with Crippen LogP contribution in [0.2, 0.25) is 0 Å². The Balaban J connectivity index is 2.39. The second-order valence-corrected chi connectivity index (χ2v) is 4.97. The maximum atomic E-state index is 12.7. The van der Waals surface area contributed by atoms with Gasteiger partial charge in [0.25, 0.3) is 5.56 Å². The number of aromatic nitrogens is 3. The van der Waals surface area contributed by atoms with E-state index in [4.69, 9.17) is 0 Å². The lowest BCUT2D eigenvalue weighted by Gasteiger charge is -2.00. The van der Waals surface area contributed by atoms with Gasteiger partial charge in [0.1, 0.15) is 11.3 Å². The van der Waals surface area contributed by atoms with E-state index in [2.05, 4.69) is 15.1 Å². The van der Waals surface area contributed by atoms with Crippen LogP contribution in [0.15, 0.2) is 46.5 Å². The van der Waals surface area contributed by atoms with E-state index in [9.17, 15) is 9.70 Å². The summed E-state index contributed by atoms with van der Waals surface area (Å²) < 4.78 is 1.48. The number of nitrogens with one attached hydrogen (secondary N) is 1. The number of nitroso groups, excluding NO2 is 1. The first-order chi connectivity index (χ1) is 10.2. The molecule has 0 radical (unpaired) electrons. The minimum atomic E-state index is -0.212. The lowest BCUT2D eigenvalue weighted by molar-refractivity contribution is 1.13. The van der Waals surface area contributed by atoms with Crippen molar-refractivity contribution in [3.8, 4) is 0 Å². The lowest BCUT2D eigenvalue weighted by atomic mass is 10.1. The number of aryl methyl sites for hydroxylation is 1. The number of benzene rings is 1. The van der Waals surface area contributed by atoms with Crippen molar-refractivity contribution in [2.24, 2.45) is 5.18 Å². The van der Waals surface area contributed by atoms with Gasteiger partial charge in [0.05, 0.1) is 10.9 Å². The first-order valence-corrected chi connectivity index (χ1v) is 6.46. The summed E-state index contributed by atoms with van der Waals surface area (Å²) in [6.07, 6.45) is 1.59. The molecule has 3 heterocycles. The van der Waals surface area contributed by atoms with Crippen molar-refractivity contribution >= 4 is 33.3 Å². The van der Waals surface area contributed by atoms with E-state index in [0.29, 0.717) is 27.6 Å². The van der Waals surface area contributed by atoms with Crippen molar-refractivity contribution in [2.45, 2.75) is 6.92 Å². The smallest absolute Gasteiger partial charge is 0.267 e. The molecule has 0 aliphatic rings. The minimum absolute atomic E-state index is 0.212. The van der Waals surface area contributed by atoms with Gasteiger partial charge in [-0.15, -0.1) is 4.91 Å². The van der Waals surface area contributed by atoms with Gasteiger partial charge < -0.3 is 4.98 Å².